The second-order valence-corrected chi connectivity index (χ2v) is 5.15. The van der Waals surface area contributed by atoms with Gasteiger partial charge in [0.2, 0.25) is 0 Å². The number of H-pyrrole nitrogens is 1. The quantitative estimate of drug-likeness (QED) is 0.775. The maximum absolute atomic E-state index is 12.3. The van der Waals surface area contributed by atoms with Crippen molar-refractivity contribution in [2.24, 2.45) is 0 Å². The fraction of sp³-hybridized carbons (Fsp3) is 0.538. The first-order chi connectivity index (χ1) is 9.58. The summed E-state index contributed by atoms with van der Waals surface area (Å²) < 4.78 is 5.35. The molecule has 0 radical (unpaired) electrons. The predicted molar refractivity (Wildman–Crippen MR) is 74.8 cm³/mol. The first-order valence-electron chi connectivity index (χ1n) is 6.41. The normalized spacial score (nSPS) is 22.3. The van der Waals surface area contributed by atoms with Crippen molar-refractivity contribution in [2.75, 3.05) is 20.2 Å². The molecule has 2 heterocycles. The standard InChI is InChI=1S/C13H17ClN4O2/c1-7-11(14)8(5-15)12(17-7)13(19)18-9-3-4-16-6-10(9)20-2/h9-10,16-17H,3-4,6H2,1-2H3,(H,18,19)/t9-,10-/m1/s1. The van der Waals surface area contributed by atoms with Gasteiger partial charge in [0.15, 0.2) is 0 Å². The zero-order chi connectivity index (χ0) is 14.7. The van der Waals surface area contributed by atoms with Crippen LogP contribution in [0.5, 0.6) is 0 Å². The first kappa shape index (κ1) is 14.9. The molecule has 0 unspecified atom stereocenters. The van der Waals surface area contributed by atoms with Crippen molar-refractivity contribution in [1.82, 2.24) is 15.6 Å². The summed E-state index contributed by atoms with van der Waals surface area (Å²) in [5.41, 5.74) is 1.01. The molecule has 0 spiro atoms. The number of aromatic amines is 1. The van der Waals surface area contributed by atoms with Crippen molar-refractivity contribution >= 4 is 17.5 Å². The number of nitrogens with one attached hydrogen (secondary N) is 3. The van der Waals surface area contributed by atoms with Gasteiger partial charge in [-0.15, -0.1) is 0 Å². The minimum Gasteiger partial charge on any atom is -0.378 e. The lowest BCUT2D eigenvalue weighted by Crippen LogP contribution is -2.53. The Labute approximate surface area is 122 Å². The molecule has 0 saturated carbocycles. The van der Waals surface area contributed by atoms with Crippen LogP contribution < -0.4 is 10.6 Å². The number of hydrogen-bond acceptors (Lipinski definition) is 4. The van der Waals surface area contributed by atoms with Crippen LogP contribution in [0.4, 0.5) is 0 Å². The minimum absolute atomic E-state index is 0.0789. The number of carbonyl (C=O) groups is 1. The average Bonchev–Trinajstić information content (AvgIpc) is 2.75. The van der Waals surface area contributed by atoms with Gasteiger partial charge in [0, 0.05) is 19.3 Å². The number of halogens is 1. The molecule has 1 amide bonds. The SMILES string of the molecule is CO[C@@H]1CNCC[C@H]1NC(=O)c1[nH]c(C)c(Cl)c1C#N. The lowest BCUT2D eigenvalue weighted by atomic mass is 10.0. The van der Waals surface area contributed by atoms with Gasteiger partial charge in [0.25, 0.3) is 5.91 Å². The molecule has 1 aliphatic heterocycles. The van der Waals surface area contributed by atoms with E-state index < -0.39 is 0 Å². The summed E-state index contributed by atoms with van der Waals surface area (Å²) in [6.45, 7) is 3.24. The molecular weight excluding hydrogens is 280 g/mol. The van der Waals surface area contributed by atoms with Gasteiger partial charge in [0.1, 0.15) is 17.3 Å². The fourth-order valence-corrected chi connectivity index (χ4v) is 2.54. The number of hydrogen-bond donors (Lipinski definition) is 3. The molecule has 1 aromatic rings. The summed E-state index contributed by atoms with van der Waals surface area (Å²) in [5.74, 6) is -0.328. The van der Waals surface area contributed by atoms with E-state index in [9.17, 15) is 4.79 Å². The Balaban J connectivity index is 2.16. The fourth-order valence-electron chi connectivity index (χ4n) is 2.36. The van der Waals surface area contributed by atoms with Gasteiger partial charge in [-0.2, -0.15) is 5.26 Å². The molecule has 7 heteroatoms. The van der Waals surface area contributed by atoms with Crippen LogP contribution in [0, 0.1) is 18.3 Å². The maximum atomic E-state index is 12.3. The topological polar surface area (TPSA) is 89.9 Å². The van der Waals surface area contributed by atoms with E-state index in [1.807, 2.05) is 6.07 Å². The number of nitriles is 1. The molecule has 1 saturated heterocycles. The summed E-state index contributed by atoms with van der Waals surface area (Å²) in [6.07, 6.45) is 0.698. The summed E-state index contributed by atoms with van der Waals surface area (Å²) in [7, 11) is 1.62. The summed E-state index contributed by atoms with van der Waals surface area (Å²) in [4.78, 5) is 15.2. The number of rotatable bonds is 3. The van der Waals surface area contributed by atoms with E-state index in [0.29, 0.717) is 17.3 Å². The molecule has 0 aromatic carbocycles. The molecule has 1 fully saturated rings. The van der Waals surface area contributed by atoms with Crippen LogP contribution in [0.15, 0.2) is 0 Å². The second-order valence-electron chi connectivity index (χ2n) is 4.77. The Morgan fingerprint density at radius 3 is 3.00 bits per heavy atom. The van der Waals surface area contributed by atoms with Crippen molar-refractivity contribution in [2.45, 2.75) is 25.5 Å². The zero-order valence-corrected chi connectivity index (χ0v) is 12.2. The lowest BCUT2D eigenvalue weighted by Gasteiger charge is -2.31. The Bertz CT molecular complexity index is 549. The largest absolute Gasteiger partial charge is 0.378 e. The van der Waals surface area contributed by atoms with E-state index in [4.69, 9.17) is 21.6 Å². The zero-order valence-electron chi connectivity index (χ0n) is 11.4. The van der Waals surface area contributed by atoms with Crippen molar-refractivity contribution in [1.29, 1.82) is 5.26 Å². The summed E-state index contributed by atoms with van der Waals surface area (Å²) >= 11 is 5.99. The first-order valence-corrected chi connectivity index (χ1v) is 6.78. The van der Waals surface area contributed by atoms with E-state index in [1.54, 1.807) is 14.0 Å². The van der Waals surface area contributed by atoms with Crippen LogP contribution in [0.2, 0.25) is 5.02 Å². The molecule has 1 aliphatic rings. The predicted octanol–water partition coefficient (Wildman–Crippen LogP) is 0.955. The lowest BCUT2D eigenvalue weighted by molar-refractivity contribution is 0.0475. The molecule has 0 bridgehead atoms. The van der Waals surface area contributed by atoms with E-state index in [0.717, 1.165) is 13.0 Å². The van der Waals surface area contributed by atoms with Crippen LogP contribution in [0.3, 0.4) is 0 Å². The number of aromatic nitrogens is 1. The van der Waals surface area contributed by atoms with Crippen LogP contribution in [0.25, 0.3) is 0 Å². The maximum Gasteiger partial charge on any atom is 0.269 e. The highest BCUT2D eigenvalue weighted by atomic mass is 35.5. The van der Waals surface area contributed by atoms with Gasteiger partial charge in [-0.3, -0.25) is 4.79 Å². The van der Waals surface area contributed by atoms with Crippen molar-refractivity contribution < 1.29 is 9.53 Å². The second kappa shape index (κ2) is 6.27. The Hall–Kier alpha value is -1.55. The summed E-state index contributed by atoms with van der Waals surface area (Å²) in [6, 6.07) is 1.88. The van der Waals surface area contributed by atoms with E-state index in [2.05, 4.69) is 15.6 Å². The molecular formula is C13H17ClN4O2. The molecule has 20 heavy (non-hydrogen) atoms. The minimum atomic E-state index is -0.328. The highest BCUT2D eigenvalue weighted by Gasteiger charge is 2.28. The number of carbonyl (C=O) groups excluding carboxylic acids is 1. The Kier molecular flexibility index (Phi) is 4.65. The third kappa shape index (κ3) is 2.80. The van der Waals surface area contributed by atoms with Gasteiger partial charge < -0.3 is 20.4 Å². The Morgan fingerprint density at radius 1 is 1.60 bits per heavy atom. The van der Waals surface area contributed by atoms with E-state index >= 15 is 0 Å². The molecule has 108 valence electrons. The number of ether oxygens (including phenoxy) is 1. The molecule has 0 aliphatic carbocycles. The van der Waals surface area contributed by atoms with Crippen LogP contribution in [-0.4, -0.2) is 43.2 Å². The number of methoxy groups -OCH3 is 1. The van der Waals surface area contributed by atoms with Gasteiger partial charge in [0.05, 0.1) is 17.2 Å². The highest BCUT2D eigenvalue weighted by Crippen LogP contribution is 2.23. The number of piperidine rings is 1. The third-order valence-electron chi connectivity index (χ3n) is 3.50. The molecule has 1 aromatic heterocycles. The summed E-state index contributed by atoms with van der Waals surface area (Å²) in [5, 5.41) is 15.5. The highest BCUT2D eigenvalue weighted by molar-refractivity contribution is 6.33. The number of nitrogens with zero attached hydrogens (tertiary/aromatic N) is 1. The molecule has 6 nitrogen and oxygen atoms in total. The number of aryl methyl sites for hydroxylation is 1. The van der Waals surface area contributed by atoms with Gasteiger partial charge in [-0.25, -0.2) is 0 Å². The average molecular weight is 297 g/mol. The smallest absolute Gasteiger partial charge is 0.269 e. The van der Waals surface area contributed by atoms with Crippen molar-refractivity contribution in [3.8, 4) is 6.07 Å². The van der Waals surface area contributed by atoms with E-state index in [1.165, 1.54) is 0 Å². The van der Waals surface area contributed by atoms with Crippen LogP contribution >= 0.6 is 11.6 Å². The third-order valence-corrected chi connectivity index (χ3v) is 3.97. The van der Waals surface area contributed by atoms with Gasteiger partial charge >= 0.3 is 0 Å². The monoisotopic (exact) mass is 296 g/mol. The molecule has 3 N–H and O–H groups in total. The molecule has 2 atom stereocenters. The van der Waals surface area contributed by atoms with Crippen molar-refractivity contribution in [3.05, 3.63) is 22.0 Å². The van der Waals surface area contributed by atoms with Crippen molar-refractivity contribution in [3.63, 3.8) is 0 Å². The molecule has 2 rings (SSSR count). The van der Waals surface area contributed by atoms with Crippen LogP contribution in [0.1, 0.15) is 28.2 Å². The van der Waals surface area contributed by atoms with Gasteiger partial charge in [-0.05, 0) is 19.9 Å². The number of amides is 1. The van der Waals surface area contributed by atoms with Crippen LogP contribution in [-0.2, 0) is 4.74 Å². The van der Waals surface area contributed by atoms with E-state index in [-0.39, 0.29) is 29.3 Å². The Morgan fingerprint density at radius 2 is 2.35 bits per heavy atom. The van der Waals surface area contributed by atoms with Gasteiger partial charge in [-0.1, -0.05) is 11.6 Å².